The molecule has 0 aromatic carbocycles. The van der Waals surface area contributed by atoms with Gasteiger partial charge in [-0.3, -0.25) is 0 Å². The number of hydrogen-bond donors (Lipinski definition) is 2. The molecule has 0 aliphatic rings. The van der Waals surface area contributed by atoms with Crippen LogP contribution in [-0.4, -0.2) is 11.0 Å². The molecule has 0 heterocycles. The summed E-state index contributed by atoms with van der Waals surface area (Å²) in [6.45, 7) is 5.39. The van der Waals surface area contributed by atoms with E-state index in [2.05, 4.69) is 11.7 Å². The van der Waals surface area contributed by atoms with Crippen molar-refractivity contribution in [1.82, 2.24) is 0 Å². The number of amidine groups is 1. The summed E-state index contributed by atoms with van der Waals surface area (Å²) in [4.78, 5) is 0. The molecule has 0 radical (unpaired) electrons. The molecule has 3 nitrogen and oxygen atoms in total. The molecule has 0 unspecified atom stereocenters. The molecule has 3 N–H and O–H groups in total. The fourth-order valence-electron chi connectivity index (χ4n) is 0.516. The number of hydrogen-bond acceptors (Lipinski definition) is 2. The van der Waals surface area contributed by atoms with E-state index in [9.17, 15) is 0 Å². The van der Waals surface area contributed by atoms with E-state index in [1.165, 1.54) is 6.08 Å². The number of rotatable bonds is 3. The molecule has 0 aromatic rings. The van der Waals surface area contributed by atoms with Gasteiger partial charge in [-0.1, -0.05) is 36.0 Å². The van der Waals surface area contributed by atoms with Crippen molar-refractivity contribution in [2.75, 3.05) is 0 Å². The minimum absolute atomic E-state index is 0.0677. The molecular formula is C8H12N2O. The molecule has 0 fully saturated rings. The number of nitrogens with two attached hydrogens (primary N) is 1. The van der Waals surface area contributed by atoms with Gasteiger partial charge in [0.15, 0.2) is 5.84 Å². The van der Waals surface area contributed by atoms with Crippen LogP contribution < -0.4 is 5.73 Å². The Hall–Kier alpha value is -1.51. The van der Waals surface area contributed by atoms with Crippen LogP contribution in [0.1, 0.15) is 6.92 Å². The van der Waals surface area contributed by atoms with Crippen molar-refractivity contribution in [3.05, 3.63) is 36.5 Å². The molecule has 11 heavy (non-hydrogen) atoms. The topological polar surface area (TPSA) is 58.6 Å². The predicted molar refractivity (Wildman–Crippen MR) is 46.5 cm³/mol. The Morgan fingerprint density at radius 2 is 2.27 bits per heavy atom. The summed E-state index contributed by atoms with van der Waals surface area (Å²) in [7, 11) is 0. The van der Waals surface area contributed by atoms with Crippen molar-refractivity contribution < 1.29 is 5.21 Å². The average molecular weight is 152 g/mol. The van der Waals surface area contributed by atoms with Gasteiger partial charge in [-0.25, -0.2) is 0 Å². The van der Waals surface area contributed by atoms with Crippen LogP contribution in [0.15, 0.2) is 41.6 Å². The van der Waals surface area contributed by atoms with Crippen LogP contribution in [0.5, 0.6) is 0 Å². The zero-order chi connectivity index (χ0) is 8.69. The lowest BCUT2D eigenvalue weighted by atomic mass is 10.2. The van der Waals surface area contributed by atoms with Crippen molar-refractivity contribution in [1.29, 1.82) is 0 Å². The van der Waals surface area contributed by atoms with E-state index in [-0.39, 0.29) is 5.84 Å². The monoisotopic (exact) mass is 152 g/mol. The summed E-state index contributed by atoms with van der Waals surface area (Å²) in [6.07, 6.45) is 6.86. The van der Waals surface area contributed by atoms with Gasteiger partial charge in [0.1, 0.15) is 0 Å². The van der Waals surface area contributed by atoms with Crippen LogP contribution in [0.2, 0.25) is 0 Å². The van der Waals surface area contributed by atoms with Gasteiger partial charge in [0.05, 0.1) is 0 Å². The maximum absolute atomic E-state index is 8.29. The Labute approximate surface area is 66.2 Å². The van der Waals surface area contributed by atoms with Gasteiger partial charge in [0.25, 0.3) is 0 Å². The number of nitrogens with zero attached hydrogens (tertiary/aromatic N) is 1. The highest BCUT2D eigenvalue weighted by atomic mass is 16.4. The Morgan fingerprint density at radius 1 is 1.64 bits per heavy atom. The summed E-state index contributed by atoms with van der Waals surface area (Å²) >= 11 is 0. The predicted octanol–water partition coefficient (Wildman–Crippen LogP) is 1.42. The first-order valence-corrected chi connectivity index (χ1v) is 3.19. The highest BCUT2D eigenvalue weighted by Gasteiger charge is 1.94. The first-order chi connectivity index (χ1) is 5.26. The van der Waals surface area contributed by atoms with Crippen LogP contribution >= 0.6 is 0 Å². The molecule has 0 aliphatic heterocycles. The van der Waals surface area contributed by atoms with E-state index >= 15 is 0 Å². The average Bonchev–Trinajstić information content (AvgIpc) is 2.05. The molecule has 0 atom stereocenters. The van der Waals surface area contributed by atoms with Crippen LogP contribution in [0.4, 0.5) is 0 Å². The van der Waals surface area contributed by atoms with Crippen LogP contribution in [0.25, 0.3) is 0 Å². The first kappa shape index (κ1) is 9.49. The Bertz CT molecular complexity index is 214. The van der Waals surface area contributed by atoms with Crippen molar-refractivity contribution >= 4 is 5.84 Å². The minimum Gasteiger partial charge on any atom is -0.409 e. The third-order valence-electron chi connectivity index (χ3n) is 1.09. The Morgan fingerprint density at radius 3 is 2.64 bits per heavy atom. The summed E-state index contributed by atoms with van der Waals surface area (Å²) in [5.41, 5.74) is 5.90. The van der Waals surface area contributed by atoms with Gasteiger partial charge in [-0.2, -0.15) is 0 Å². The molecule has 60 valence electrons. The lowest BCUT2D eigenvalue weighted by Crippen LogP contribution is -2.12. The fourth-order valence-corrected chi connectivity index (χ4v) is 0.516. The number of allylic oxidation sites excluding steroid dienone is 3. The normalized spacial score (nSPS) is 13.9. The van der Waals surface area contributed by atoms with E-state index in [0.29, 0.717) is 5.57 Å². The summed E-state index contributed by atoms with van der Waals surface area (Å²) < 4.78 is 0. The minimum atomic E-state index is 0.0677. The zero-order valence-corrected chi connectivity index (χ0v) is 6.49. The van der Waals surface area contributed by atoms with Crippen LogP contribution in [0.3, 0.4) is 0 Å². The highest BCUT2D eigenvalue weighted by Crippen LogP contribution is 1.95. The quantitative estimate of drug-likeness (QED) is 0.211. The van der Waals surface area contributed by atoms with Crippen LogP contribution in [0, 0.1) is 0 Å². The SMILES string of the molecule is C=C/C(=C\C=C/C)C(N)=NO. The molecule has 3 heteroatoms. The molecule has 0 rings (SSSR count). The van der Waals surface area contributed by atoms with E-state index in [1.807, 2.05) is 13.0 Å². The van der Waals surface area contributed by atoms with Crippen LogP contribution in [-0.2, 0) is 0 Å². The van der Waals surface area contributed by atoms with Gasteiger partial charge < -0.3 is 10.9 Å². The van der Waals surface area contributed by atoms with Crippen molar-refractivity contribution in [3.63, 3.8) is 0 Å². The molecule has 0 saturated carbocycles. The van der Waals surface area contributed by atoms with Gasteiger partial charge in [-0.15, -0.1) is 0 Å². The highest BCUT2D eigenvalue weighted by molar-refractivity contribution is 5.99. The van der Waals surface area contributed by atoms with Gasteiger partial charge in [0, 0.05) is 5.57 Å². The second kappa shape index (κ2) is 5.29. The smallest absolute Gasteiger partial charge is 0.170 e. The summed E-state index contributed by atoms with van der Waals surface area (Å²) in [5.74, 6) is 0.0677. The molecule has 0 aliphatic carbocycles. The maximum atomic E-state index is 8.29. The third kappa shape index (κ3) is 3.25. The maximum Gasteiger partial charge on any atom is 0.170 e. The first-order valence-electron chi connectivity index (χ1n) is 3.19. The largest absolute Gasteiger partial charge is 0.409 e. The van der Waals surface area contributed by atoms with Gasteiger partial charge in [-0.05, 0) is 6.92 Å². The standard InChI is InChI=1S/C8H12N2O/c1-3-5-6-7(4-2)8(9)10-11/h3-6,11H,2H2,1H3,(H2,9,10)/b5-3-,7-6+. The second-order valence-electron chi connectivity index (χ2n) is 1.84. The zero-order valence-electron chi connectivity index (χ0n) is 6.49. The van der Waals surface area contributed by atoms with Gasteiger partial charge >= 0.3 is 0 Å². The lowest BCUT2D eigenvalue weighted by molar-refractivity contribution is 0.318. The molecule has 0 aromatic heterocycles. The Kier molecular flexibility index (Phi) is 4.56. The third-order valence-corrected chi connectivity index (χ3v) is 1.09. The Balaban J connectivity index is 4.52. The molecule has 0 bridgehead atoms. The molecular weight excluding hydrogens is 140 g/mol. The summed E-state index contributed by atoms with van der Waals surface area (Å²) in [6, 6.07) is 0. The van der Waals surface area contributed by atoms with Crippen molar-refractivity contribution in [2.24, 2.45) is 10.9 Å². The van der Waals surface area contributed by atoms with Crippen molar-refractivity contribution in [3.8, 4) is 0 Å². The molecule has 0 saturated heterocycles. The second-order valence-corrected chi connectivity index (χ2v) is 1.84. The molecule has 0 amide bonds. The van der Waals surface area contributed by atoms with Crippen molar-refractivity contribution in [2.45, 2.75) is 6.92 Å². The number of oxime groups is 1. The van der Waals surface area contributed by atoms with E-state index in [4.69, 9.17) is 10.9 Å². The van der Waals surface area contributed by atoms with Gasteiger partial charge in [0.2, 0.25) is 0 Å². The van der Waals surface area contributed by atoms with E-state index < -0.39 is 0 Å². The summed E-state index contributed by atoms with van der Waals surface area (Å²) in [5, 5.41) is 11.1. The lowest BCUT2D eigenvalue weighted by Gasteiger charge is -1.94. The van der Waals surface area contributed by atoms with E-state index in [0.717, 1.165) is 0 Å². The van der Waals surface area contributed by atoms with E-state index in [1.54, 1.807) is 12.2 Å². The molecule has 0 spiro atoms. The fraction of sp³-hybridized carbons (Fsp3) is 0.125.